The van der Waals surface area contributed by atoms with Crippen LogP contribution in [0.4, 0.5) is 5.69 Å². The van der Waals surface area contributed by atoms with Crippen LogP contribution in [-0.2, 0) is 14.8 Å². The Morgan fingerprint density at radius 3 is 2.47 bits per heavy atom. The van der Waals surface area contributed by atoms with Gasteiger partial charge in [-0.25, -0.2) is 13.6 Å². The molecular weight excluding hydrogens is 266 g/mol. The number of benzene rings is 1. The van der Waals surface area contributed by atoms with Crippen LogP contribution in [0, 0.1) is 16.7 Å². The van der Waals surface area contributed by atoms with E-state index in [2.05, 4.69) is 5.32 Å². The van der Waals surface area contributed by atoms with Crippen molar-refractivity contribution in [3.63, 3.8) is 0 Å². The third-order valence-corrected chi connectivity index (χ3v) is 4.27. The quantitative estimate of drug-likeness (QED) is 0.858. The molecule has 1 amide bonds. The van der Waals surface area contributed by atoms with Gasteiger partial charge >= 0.3 is 0 Å². The number of nitrogens with two attached hydrogens (primary N) is 1. The summed E-state index contributed by atoms with van der Waals surface area (Å²) < 4.78 is 22.8. The zero-order valence-electron chi connectivity index (χ0n) is 10.1. The Morgan fingerprint density at radius 2 is 2.00 bits per heavy atom. The summed E-state index contributed by atoms with van der Waals surface area (Å²) in [5.41, 5.74) is -0.928. The molecular formula is C12H13N3O3S. The van der Waals surface area contributed by atoms with Crippen LogP contribution < -0.4 is 10.5 Å². The largest absolute Gasteiger partial charge is 0.323 e. The summed E-state index contributed by atoms with van der Waals surface area (Å²) in [7, 11) is -3.92. The molecule has 1 saturated carbocycles. The standard InChI is InChI=1S/C12H13N3O3S/c13-8-12(6-3-7-12)11(16)15-9-4-1-2-5-10(9)19(14,17)18/h1-2,4-5H,3,6-7H2,(H,15,16)(H2,14,17,18). The Morgan fingerprint density at radius 1 is 1.37 bits per heavy atom. The van der Waals surface area contributed by atoms with Gasteiger partial charge in [0.1, 0.15) is 10.3 Å². The molecule has 0 unspecified atom stereocenters. The average Bonchev–Trinajstić information content (AvgIpc) is 2.27. The molecule has 3 N–H and O–H groups in total. The first kappa shape index (κ1) is 13.5. The number of para-hydroxylation sites is 1. The highest BCUT2D eigenvalue weighted by atomic mass is 32.2. The molecule has 1 aromatic carbocycles. The number of hydrogen-bond donors (Lipinski definition) is 2. The monoisotopic (exact) mass is 279 g/mol. The zero-order valence-corrected chi connectivity index (χ0v) is 10.9. The number of anilines is 1. The maximum absolute atomic E-state index is 12.1. The maximum atomic E-state index is 12.1. The second-order valence-corrected chi connectivity index (χ2v) is 6.07. The van der Waals surface area contributed by atoms with Crippen molar-refractivity contribution < 1.29 is 13.2 Å². The molecule has 0 spiro atoms. The fourth-order valence-corrected chi connectivity index (χ4v) is 2.67. The summed E-state index contributed by atoms with van der Waals surface area (Å²) in [4.78, 5) is 11.9. The molecule has 7 heteroatoms. The number of carbonyl (C=O) groups is 1. The summed E-state index contributed by atoms with van der Waals surface area (Å²) in [6, 6.07) is 7.86. The van der Waals surface area contributed by atoms with Crippen LogP contribution in [0.25, 0.3) is 0 Å². The Labute approximate surface area is 111 Å². The molecule has 0 bridgehead atoms. The van der Waals surface area contributed by atoms with Crippen molar-refractivity contribution in [1.29, 1.82) is 5.26 Å². The van der Waals surface area contributed by atoms with E-state index >= 15 is 0 Å². The van der Waals surface area contributed by atoms with E-state index in [1.54, 1.807) is 6.07 Å². The molecule has 100 valence electrons. The van der Waals surface area contributed by atoms with Gasteiger partial charge in [0, 0.05) is 0 Å². The zero-order chi connectivity index (χ0) is 14.1. The second kappa shape index (κ2) is 4.64. The number of nitriles is 1. The van der Waals surface area contributed by atoms with Gasteiger partial charge in [0.05, 0.1) is 11.8 Å². The molecule has 6 nitrogen and oxygen atoms in total. The van der Waals surface area contributed by atoms with Gasteiger partial charge in [-0.05, 0) is 31.4 Å². The lowest BCUT2D eigenvalue weighted by Crippen LogP contribution is -2.41. The number of rotatable bonds is 3. The first-order valence-corrected chi connectivity index (χ1v) is 7.28. The van der Waals surface area contributed by atoms with E-state index in [-0.39, 0.29) is 10.6 Å². The Kier molecular flexibility index (Phi) is 3.30. The van der Waals surface area contributed by atoms with Crippen LogP contribution in [0.2, 0.25) is 0 Å². The van der Waals surface area contributed by atoms with Crippen LogP contribution in [0.5, 0.6) is 0 Å². The Hall–Kier alpha value is -1.91. The third kappa shape index (κ3) is 2.45. The normalized spacial score (nSPS) is 17.1. The van der Waals surface area contributed by atoms with Crippen molar-refractivity contribution in [2.45, 2.75) is 24.2 Å². The molecule has 0 saturated heterocycles. The van der Waals surface area contributed by atoms with E-state index < -0.39 is 21.3 Å². The third-order valence-electron chi connectivity index (χ3n) is 3.30. The van der Waals surface area contributed by atoms with E-state index in [0.29, 0.717) is 12.8 Å². The SMILES string of the molecule is N#CC1(C(=O)Nc2ccccc2S(N)(=O)=O)CCC1. The Bertz CT molecular complexity index is 657. The van der Waals surface area contributed by atoms with Gasteiger partial charge < -0.3 is 5.32 Å². The molecule has 0 aromatic heterocycles. The van der Waals surface area contributed by atoms with E-state index in [9.17, 15) is 13.2 Å². The van der Waals surface area contributed by atoms with Crippen molar-refractivity contribution in [3.05, 3.63) is 24.3 Å². The maximum Gasteiger partial charge on any atom is 0.244 e. The number of nitrogens with one attached hydrogen (secondary N) is 1. The number of hydrogen-bond acceptors (Lipinski definition) is 4. The van der Waals surface area contributed by atoms with Gasteiger partial charge in [-0.2, -0.15) is 5.26 Å². The number of nitrogens with zero attached hydrogens (tertiary/aromatic N) is 1. The van der Waals surface area contributed by atoms with Gasteiger partial charge in [-0.3, -0.25) is 4.79 Å². The lowest BCUT2D eigenvalue weighted by Gasteiger charge is -2.33. The van der Waals surface area contributed by atoms with Gasteiger partial charge in [0.25, 0.3) is 0 Å². The molecule has 1 aromatic rings. The molecule has 0 atom stereocenters. The summed E-state index contributed by atoms with van der Waals surface area (Å²) in [6.45, 7) is 0. The van der Waals surface area contributed by atoms with Crippen molar-refractivity contribution in [2.75, 3.05) is 5.32 Å². The highest BCUT2D eigenvalue weighted by Crippen LogP contribution is 2.41. The number of primary sulfonamides is 1. The van der Waals surface area contributed by atoms with Crippen LogP contribution in [0.1, 0.15) is 19.3 Å². The van der Waals surface area contributed by atoms with Crippen molar-refractivity contribution in [3.8, 4) is 6.07 Å². The van der Waals surface area contributed by atoms with Crippen molar-refractivity contribution in [2.24, 2.45) is 10.6 Å². The molecule has 19 heavy (non-hydrogen) atoms. The average molecular weight is 279 g/mol. The lowest BCUT2D eigenvalue weighted by molar-refractivity contribution is -0.126. The van der Waals surface area contributed by atoms with E-state index in [0.717, 1.165) is 6.42 Å². The molecule has 2 rings (SSSR count). The molecule has 0 radical (unpaired) electrons. The van der Waals surface area contributed by atoms with E-state index in [4.69, 9.17) is 10.4 Å². The summed E-state index contributed by atoms with van der Waals surface area (Å²) >= 11 is 0. The van der Waals surface area contributed by atoms with E-state index in [1.165, 1.54) is 18.2 Å². The summed E-state index contributed by atoms with van der Waals surface area (Å²) in [5.74, 6) is -0.475. The highest BCUT2D eigenvalue weighted by Gasteiger charge is 2.44. The summed E-state index contributed by atoms with van der Waals surface area (Å²) in [6.07, 6.45) is 1.80. The second-order valence-electron chi connectivity index (χ2n) is 4.54. The number of carbonyl (C=O) groups excluding carboxylic acids is 1. The first-order chi connectivity index (χ1) is 8.89. The Balaban J connectivity index is 2.31. The topological polar surface area (TPSA) is 113 Å². The minimum absolute atomic E-state index is 0.108. The smallest absolute Gasteiger partial charge is 0.244 e. The number of amides is 1. The van der Waals surface area contributed by atoms with Gasteiger partial charge in [0.15, 0.2) is 0 Å². The van der Waals surface area contributed by atoms with Crippen LogP contribution >= 0.6 is 0 Å². The molecule has 1 fully saturated rings. The van der Waals surface area contributed by atoms with E-state index in [1.807, 2.05) is 6.07 Å². The van der Waals surface area contributed by atoms with Crippen LogP contribution in [0.3, 0.4) is 0 Å². The minimum Gasteiger partial charge on any atom is -0.323 e. The predicted octanol–water partition coefficient (Wildman–Crippen LogP) is 0.966. The molecule has 0 aliphatic heterocycles. The van der Waals surface area contributed by atoms with Crippen LogP contribution in [-0.4, -0.2) is 14.3 Å². The fraction of sp³-hybridized carbons (Fsp3) is 0.333. The first-order valence-electron chi connectivity index (χ1n) is 5.74. The van der Waals surface area contributed by atoms with Crippen molar-refractivity contribution in [1.82, 2.24) is 0 Å². The highest BCUT2D eigenvalue weighted by molar-refractivity contribution is 7.89. The molecule has 1 aliphatic rings. The van der Waals surface area contributed by atoms with Crippen LogP contribution in [0.15, 0.2) is 29.2 Å². The molecule has 0 heterocycles. The minimum atomic E-state index is -3.92. The predicted molar refractivity (Wildman–Crippen MR) is 68.3 cm³/mol. The number of sulfonamides is 1. The van der Waals surface area contributed by atoms with Gasteiger partial charge in [-0.15, -0.1) is 0 Å². The van der Waals surface area contributed by atoms with Crippen molar-refractivity contribution >= 4 is 21.6 Å². The molecule has 1 aliphatic carbocycles. The van der Waals surface area contributed by atoms with Gasteiger partial charge in [-0.1, -0.05) is 12.1 Å². The summed E-state index contributed by atoms with van der Waals surface area (Å²) in [5, 5.41) is 16.6. The lowest BCUT2D eigenvalue weighted by atomic mass is 9.69. The fourth-order valence-electron chi connectivity index (χ4n) is 1.98. The van der Waals surface area contributed by atoms with Gasteiger partial charge in [0.2, 0.25) is 15.9 Å².